The molecule has 0 atom stereocenters. The number of hydrogen-bond donors (Lipinski definition) is 2. The average Bonchev–Trinajstić information content (AvgIpc) is 2.03. The van der Waals surface area contributed by atoms with Crippen LogP contribution in [-0.4, -0.2) is 17.0 Å². The maximum Gasteiger partial charge on any atom is 0.337 e. The van der Waals surface area contributed by atoms with Crippen molar-refractivity contribution in [1.82, 2.24) is 0 Å². The van der Waals surface area contributed by atoms with Crippen LogP contribution in [0.3, 0.4) is 0 Å². The Kier molecular flexibility index (Phi) is 4.66. The van der Waals surface area contributed by atoms with Gasteiger partial charge in [-0.05, 0) is 12.1 Å². The Hall–Kier alpha value is -1.55. The quantitative estimate of drug-likeness (QED) is 0.790. The van der Waals surface area contributed by atoms with Gasteiger partial charge in [-0.2, -0.15) is 0 Å². The first-order chi connectivity index (χ1) is 6.11. The third-order valence-electron chi connectivity index (χ3n) is 1.47. The van der Waals surface area contributed by atoms with Gasteiger partial charge in [0.2, 0.25) is 5.91 Å². The number of anilines is 1. The Morgan fingerprint density at radius 1 is 1.29 bits per heavy atom. The first-order valence-electron chi connectivity index (χ1n) is 3.71. The maximum atomic E-state index is 10.7. The van der Waals surface area contributed by atoms with Gasteiger partial charge >= 0.3 is 5.97 Å². The standard InChI is InChI=1S/C9H9NO3.ClH/c1-6(11)10-8-5-3-2-4-7(8)9(12)13;/h2-5H,1H3,(H,10,11)(H,12,13);1H. The highest BCUT2D eigenvalue weighted by Gasteiger charge is 2.08. The molecule has 1 amide bonds. The maximum absolute atomic E-state index is 10.7. The van der Waals surface area contributed by atoms with Gasteiger partial charge in [0.25, 0.3) is 0 Å². The summed E-state index contributed by atoms with van der Waals surface area (Å²) in [5.41, 5.74) is 0.417. The molecule has 0 heterocycles. The van der Waals surface area contributed by atoms with Gasteiger partial charge < -0.3 is 10.4 Å². The van der Waals surface area contributed by atoms with Crippen LogP contribution in [0.25, 0.3) is 0 Å². The number of amides is 1. The molecular weight excluding hydrogens is 206 g/mol. The minimum absolute atomic E-state index is 0. The molecule has 1 aromatic carbocycles. The molecule has 4 nitrogen and oxygen atoms in total. The Labute approximate surface area is 87.3 Å². The highest BCUT2D eigenvalue weighted by Crippen LogP contribution is 2.14. The van der Waals surface area contributed by atoms with Crippen molar-refractivity contribution in [3.63, 3.8) is 0 Å². The van der Waals surface area contributed by atoms with Crippen LogP contribution in [-0.2, 0) is 4.79 Å². The van der Waals surface area contributed by atoms with Crippen molar-refractivity contribution in [2.45, 2.75) is 6.92 Å². The zero-order chi connectivity index (χ0) is 9.84. The molecule has 5 heteroatoms. The second-order valence-corrected chi connectivity index (χ2v) is 2.53. The second kappa shape index (κ2) is 5.24. The highest BCUT2D eigenvalue weighted by molar-refractivity contribution is 5.99. The van der Waals surface area contributed by atoms with Crippen molar-refractivity contribution in [2.75, 3.05) is 5.32 Å². The minimum atomic E-state index is -1.05. The van der Waals surface area contributed by atoms with Crippen molar-refractivity contribution in [3.05, 3.63) is 29.8 Å². The van der Waals surface area contributed by atoms with Crippen LogP contribution in [0.5, 0.6) is 0 Å². The molecule has 0 spiro atoms. The lowest BCUT2D eigenvalue weighted by Gasteiger charge is -2.04. The summed E-state index contributed by atoms with van der Waals surface area (Å²) in [6, 6.07) is 6.25. The van der Waals surface area contributed by atoms with Crippen molar-refractivity contribution >= 4 is 30.0 Å². The summed E-state index contributed by atoms with van der Waals surface area (Å²) in [6.45, 7) is 1.33. The van der Waals surface area contributed by atoms with Gasteiger partial charge in [0.15, 0.2) is 0 Å². The summed E-state index contributed by atoms with van der Waals surface area (Å²) in [6.07, 6.45) is 0. The van der Waals surface area contributed by atoms with Gasteiger partial charge in [-0.1, -0.05) is 12.1 Å². The smallest absolute Gasteiger partial charge is 0.337 e. The Balaban J connectivity index is 0.00000169. The van der Waals surface area contributed by atoms with E-state index in [1.54, 1.807) is 18.2 Å². The summed E-state index contributed by atoms with van der Waals surface area (Å²) in [7, 11) is 0. The summed E-state index contributed by atoms with van der Waals surface area (Å²) >= 11 is 0. The molecule has 0 radical (unpaired) electrons. The van der Waals surface area contributed by atoms with Crippen LogP contribution in [0.4, 0.5) is 5.69 Å². The number of carboxylic acid groups (broad SMARTS) is 1. The first-order valence-corrected chi connectivity index (χ1v) is 3.71. The fourth-order valence-electron chi connectivity index (χ4n) is 0.968. The van der Waals surface area contributed by atoms with E-state index >= 15 is 0 Å². The van der Waals surface area contributed by atoms with E-state index in [1.807, 2.05) is 0 Å². The van der Waals surface area contributed by atoms with E-state index in [9.17, 15) is 9.59 Å². The third kappa shape index (κ3) is 3.06. The number of carbonyl (C=O) groups is 2. The van der Waals surface area contributed by atoms with Gasteiger partial charge in [-0.15, -0.1) is 12.4 Å². The number of carboxylic acids is 1. The zero-order valence-corrected chi connectivity index (χ0v) is 8.30. The molecule has 76 valence electrons. The second-order valence-electron chi connectivity index (χ2n) is 2.53. The van der Waals surface area contributed by atoms with Crippen LogP contribution in [0.2, 0.25) is 0 Å². The molecule has 0 aliphatic heterocycles. The lowest BCUT2D eigenvalue weighted by atomic mass is 10.2. The van der Waals surface area contributed by atoms with Crippen molar-refractivity contribution in [3.8, 4) is 0 Å². The van der Waals surface area contributed by atoms with E-state index in [0.717, 1.165) is 0 Å². The summed E-state index contributed by atoms with van der Waals surface area (Å²) in [4.78, 5) is 21.3. The molecular formula is C9H10ClNO3. The van der Waals surface area contributed by atoms with E-state index in [2.05, 4.69) is 5.32 Å². The molecule has 0 aliphatic rings. The molecule has 0 unspecified atom stereocenters. The number of halogens is 1. The monoisotopic (exact) mass is 215 g/mol. The van der Waals surface area contributed by atoms with Gasteiger partial charge in [0.1, 0.15) is 0 Å². The number of aromatic carboxylic acids is 1. The third-order valence-corrected chi connectivity index (χ3v) is 1.47. The fraction of sp³-hybridized carbons (Fsp3) is 0.111. The molecule has 0 bridgehead atoms. The van der Waals surface area contributed by atoms with Crippen LogP contribution in [0, 0.1) is 0 Å². The molecule has 1 rings (SSSR count). The van der Waals surface area contributed by atoms with Gasteiger partial charge in [-0.25, -0.2) is 4.79 Å². The lowest BCUT2D eigenvalue weighted by molar-refractivity contribution is -0.114. The fourth-order valence-corrected chi connectivity index (χ4v) is 0.968. The van der Waals surface area contributed by atoms with Gasteiger partial charge in [-0.3, -0.25) is 4.79 Å². The number of carbonyl (C=O) groups excluding carboxylic acids is 1. The first kappa shape index (κ1) is 12.4. The molecule has 0 saturated carbocycles. The molecule has 0 aliphatic carbocycles. The van der Waals surface area contributed by atoms with Crippen LogP contribution < -0.4 is 5.32 Å². The number of para-hydroxylation sites is 1. The normalized spacial score (nSPS) is 8.64. The Morgan fingerprint density at radius 3 is 2.36 bits per heavy atom. The molecule has 14 heavy (non-hydrogen) atoms. The largest absolute Gasteiger partial charge is 0.478 e. The Morgan fingerprint density at radius 2 is 1.86 bits per heavy atom. The van der Waals surface area contributed by atoms with Crippen molar-refractivity contribution in [2.24, 2.45) is 0 Å². The summed E-state index contributed by atoms with van der Waals surface area (Å²) < 4.78 is 0. The molecule has 1 aromatic rings. The Bertz CT molecular complexity index is 352. The summed E-state index contributed by atoms with van der Waals surface area (Å²) in [5, 5.41) is 11.2. The van der Waals surface area contributed by atoms with Crippen LogP contribution >= 0.6 is 12.4 Å². The zero-order valence-electron chi connectivity index (χ0n) is 7.48. The van der Waals surface area contributed by atoms with Crippen LogP contribution in [0.1, 0.15) is 17.3 Å². The number of benzene rings is 1. The van der Waals surface area contributed by atoms with E-state index < -0.39 is 5.97 Å². The number of rotatable bonds is 2. The molecule has 0 aromatic heterocycles. The number of hydrogen-bond acceptors (Lipinski definition) is 2. The highest BCUT2D eigenvalue weighted by atomic mass is 35.5. The van der Waals surface area contributed by atoms with E-state index in [0.29, 0.717) is 5.69 Å². The van der Waals surface area contributed by atoms with Crippen LogP contribution in [0.15, 0.2) is 24.3 Å². The average molecular weight is 216 g/mol. The van der Waals surface area contributed by atoms with Crippen molar-refractivity contribution < 1.29 is 14.7 Å². The van der Waals surface area contributed by atoms with Gasteiger partial charge in [0, 0.05) is 6.92 Å². The molecule has 0 fully saturated rings. The predicted molar refractivity (Wildman–Crippen MR) is 55.0 cm³/mol. The predicted octanol–water partition coefficient (Wildman–Crippen LogP) is 1.76. The lowest BCUT2D eigenvalue weighted by Crippen LogP contribution is -2.10. The van der Waals surface area contributed by atoms with E-state index in [1.165, 1.54) is 13.0 Å². The van der Waals surface area contributed by atoms with E-state index in [4.69, 9.17) is 5.11 Å². The minimum Gasteiger partial charge on any atom is -0.478 e. The van der Waals surface area contributed by atoms with E-state index in [-0.39, 0.29) is 23.9 Å². The SMILES string of the molecule is CC(=O)Nc1ccccc1C(=O)O.Cl. The number of nitrogens with one attached hydrogen (secondary N) is 1. The summed E-state index contributed by atoms with van der Waals surface area (Å²) in [5.74, 6) is -1.34. The van der Waals surface area contributed by atoms with Gasteiger partial charge in [0.05, 0.1) is 11.3 Å². The topological polar surface area (TPSA) is 66.4 Å². The molecule has 2 N–H and O–H groups in total. The van der Waals surface area contributed by atoms with Crippen molar-refractivity contribution in [1.29, 1.82) is 0 Å². The molecule has 0 saturated heterocycles.